The molecule has 2 nitrogen and oxygen atoms in total. The topological polar surface area (TPSA) is 21.3 Å². The first-order valence-corrected chi connectivity index (χ1v) is 6.40. The van der Waals surface area contributed by atoms with Gasteiger partial charge < -0.3 is 10.1 Å². The SMILES string of the molecule is CCC(C)(C)NCCOc1ccc(C)c(C)c1. The van der Waals surface area contributed by atoms with Gasteiger partial charge in [-0.2, -0.15) is 0 Å². The highest BCUT2D eigenvalue weighted by atomic mass is 16.5. The van der Waals surface area contributed by atoms with Gasteiger partial charge in [0.2, 0.25) is 0 Å². The molecule has 0 radical (unpaired) electrons. The molecule has 0 heterocycles. The van der Waals surface area contributed by atoms with E-state index < -0.39 is 0 Å². The lowest BCUT2D eigenvalue weighted by Crippen LogP contribution is -2.40. The van der Waals surface area contributed by atoms with Crippen molar-refractivity contribution in [3.05, 3.63) is 29.3 Å². The summed E-state index contributed by atoms with van der Waals surface area (Å²) in [6.07, 6.45) is 1.12. The molecular formula is C15H25NO. The molecule has 0 aliphatic rings. The van der Waals surface area contributed by atoms with Crippen molar-refractivity contribution in [1.29, 1.82) is 0 Å². The van der Waals surface area contributed by atoms with Crippen molar-refractivity contribution in [3.8, 4) is 5.75 Å². The average molecular weight is 235 g/mol. The summed E-state index contributed by atoms with van der Waals surface area (Å²) in [4.78, 5) is 0. The minimum absolute atomic E-state index is 0.201. The number of hydrogen-bond donors (Lipinski definition) is 1. The molecule has 0 aromatic heterocycles. The number of benzene rings is 1. The summed E-state index contributed by atoms with van der Waals surface area (Å²) in [6, 6.07) is 6.24. The van der Waals surface area contributed by atoms with Crippen molar-refractivity contribution in [1.82, 2.24) is 5.32 Å². The van der Waals surface area contributed by atoms with Crippen LogP contribution in [-0.2, 0) is 0 Å². The molecule has 0 fully saturated rings. The molecule has 0 saturated heterocycles. The molecule has 0 aliphatic carbocycles. The molecule has 0 amide bonds. The van der Waals surface area contributed by atoms with Crippen LogP contribution < -0.4 is 10.1 Å². The van der Waals surface area contributed by atoms with E-state index in [9.17, 15) is 0 Å². The predicted octanol–water partition coefficient (Wildman–Crippen LogP) is 3.46. The van der Waals surface area contributed by atoms with Crippen LogP contribution in [0.1, 0.15) is 38.3 Å². The zero-order chi connectivity index (χ0) is 12.9. The molecule has 0 bridgehead atoms. The summed E-state index contributed by atoms with van der Waals surface area (Å²) >= 11 is 0. The van der Waals surface area contributed by atoms with Crippen molar-refractivity contribution in [2.45, 2.75) is 46.6 Å². The van der Waals surface area contributed by atoms with E-state index in [0.29, 0.717) is 6.61 Å². The Morgan fingerprint density at radius 1 is 1.18 bits per heavy atom. The van der Waals surface area contributed by atoms with E-state index in [4.69, 9.17) is 4.74 Å². The van der Waals surface area contributed by atoms with E-state index in [1.165, 1.54) is 11.1 Å². The molecule has 1 N–H and O–H groups in total. The fourth-order valence-electron chi connectivity index (χ4n) is 1.49. The lowest BCUT2D eigenvalue weighted by molar-refractivity contribution is 0.280. The summed E-state index contributed by atoms with van der Waals surface area (Å²) in [6.45, 7) is 12.4. The van der Waals surface area contributed by atoms with Gasteiger partial charge in [0.25, 0.3) is 0 Å². The van der Waals surface area contributed by atoms with Gasteiger partial charge in [0.05, 0.1) is 0 Å². The Kier molecular flexibility index (Phi) is 5.01. The maximum Gasteiger partial charge on any atom is 0.119 e. The van der Waals surface area contributed by atoms with Gasteiger partial charge in [0.15, 0.2) is 0 Å². The van der Waals surface area contributed by atoms with Crippen LogP contribution >= 0.6 is 0 Å². The Morgan fingerprint density at radius 2 is 1.88 bits per heavy atom. The Hall–Kier alpha value is -1.02. The molecule has 1 aromatic rings. The fourth-order valence-corrected chi connectivity index (χ4v) is 1.49. The smallest absolute Gasteiger partial charge is 0.119 e. The normalized spacial score (nSPS) is 11.6. The van der Waals surface area contributed by atoms with Crippen molar-refractivity contribution in [3.63, 3.8) is 0 Å². The quantitative estimate of drug-likeness (QED) is 0.762. The van der Waals surface area contributed by atoms with Crippen LogP contribution in [0, 0.1) is 13.8 Å². The maximum atomic E-state index is 5.72. The van der Waals surface area contributed by atoms with Gasteiger partial charge in [0, 0.05) is 12.1 Å². The van der Waals surface area contributed by atoms with Crippen LogP contribution in [0.15, 0.2) is 18.2 Å². The third kappa shape index (κ3) is 4.78. The first-order chi connectivity index (χ1) is 7.94. The molecule has 1 aromatic carbocycles. The van der Waals surface area contributed by atoms with E-state index >= 15 is 0 Å². The molecule has 96 valence electrons. The lowest BCUT2D eigenvalue weighted by atomic mass is 10.0. The maximum absolute atomic E-state index is 5.72. The van der Waals surface area contributed by atoms with E-state index in [-0.39, 0.29) is 5.54 Å². The van der Waals surface area contributed by atoms with E-state index in [2.05, 4.69) is 52.1 Å². The number of nitrogens with one attached hydrogen (secondary N) is 1. The monoisotopic (exact) mass is 235 g/mol. The number of rotatable bonds is 6. The van der Waals surface area contributed by atoms with Crippen LogP contribution in [0.2, 0.25) is 0 Å². The molecule has 0 unspecified atom stereocenters. The van der Waals surface area contributed by atoms with Crippen molar-refractivity contribution >= 4 is 0 Å². The average Bonchev–Trinajstić information content (AvgIpc) is 2.29. The Morgan fingerprint density at radius 3 is 2.47 bits per heavy atom. The first kappa shape index (κ1) is 14.0. The Balaban J connectivity index is 2.34. The predicted molar refractivity (Wildman–Crippen MR) is 73.8 cm³/mol. The molecule has 1 rings (SSSR count). The summed E-state index contributed by atoms with van der Waals surface area (Å²) < 4.78 is 5.72. The molecule has 0 spiro atoms. The highest BCUT2D eigenvalue weighted by Gasteiger charge is 2.12. The molecule has 2 heteroatoms. The molecule has 0 saturated carbocycles. The minimum Gasteiger partial charge on any atom is -0.492 e. The largest absolute Gasteiger partial charge is 0.492 e. The summed E-state index contributed by atoms with van der Waals surface area (Å²) in [7, 11) is 0. The third-order valence-corrected chi connectivity index (χ3v) is 3.34. The molecule has 0 aliphatic heterocycles. The molecule has 0 atom stereocenters. The summed E-state index contributed by atoms with van der Waals surface area (Å²) in [5.41, 5.74) is 2.79. The second-order valence-corrected chi connectivity index (χ2v) is 5.26. The number of aryl methyl sites for hydroxylation is 2. The second-order valence-electron chi connectivity index (χ2n) is 5.26. The van der Waals surface area contributed by atoms with Gasteiger partial charge in [-0.25, -0.2) is 0 Å². The van der Waals surface area contributed by atoms with Gasteiger partial charge in [-0.05, 0) is 57.4 Å². The van der Waals surface area contributed by atoms with E-state index in [1.54, 1.807) is 0 Å². The highest BCUT2D eigenvalue weighted by molar-refractivity contribution is 5.33. The number of ether oxygens (including phenoxy) is 1. The summed E-state index contributed by atoms with van der Waals surface area (Å²) in [5, 5.41) is 3.48. The van der Waals surface area contributed by atoms with Crippen LogP contribution in [-0.4, -0.2) is 18.7 Å². The van der Waals surface area contributed by atoms with Gasteiger partial charge in [-0.3, -0.25) is 0 Å². The highest BCUT2D eigenvalue weighted by Crippen LogP contribution is 2.16. The van der Waals surface area contributed by atoms with Crippen molar-refractivity contribution in [2.75, 3.05) is 13.2 Å². The minimum atomic E-state index is 0.201. The second kappa shape index (κ2) is 6.06. The van der Waals surface area contributed by atoms with Crippen LogP contribution in [0.5, 0.6) is 5.75 Å². The van der Waals surface area contributed by atoms with E-state index in [0.717, 1.165) is 18.7 Å². The zero-order valence-electron chi connectivity index (χ0n) is 11.8. The standard InChI is InChI=1S/C15H25NO/c1-6-15(4,5)16-9-10-17-14-8-7-12(2)13(3)11-14/h7-8,11,16H,6,9-10H2,1-5H3. The summed E-state index contributed by atoms with van der Waals surface area (Å²) in [5.74, 6) is 0.962. The van der Waals surface area contributed by atoms with Gasteiger partial charge in [-0.15, -0.1) is 0 Å². The van der Waals surface area contributed by atoms with Gasteiger partial charge in [-0.1, -0.05) is 13.0 Å². The first-order valence-electron chi connectivity index (χ1n) is 6.40. The van der Waals surface area contributed by atoms with Crippen molar-refractivity contribution in [2.24, 2.45) is 0 Å². The van der Waals surface area contributed by atoms with E-state index in [1.807, 2.05) is 6.07 Å². The van der Waals surface area contributed by atoms with Gasteiger partial charge >= 0.3 is 0 Å². The van der Waals surface area contributed by atoms with Crippen LogP contribution in [0.3, 0.4) is 0 Å². The fraction of sp³-hybridized carbons (Fsp3) is 0.600. The van der Waals surface area contributed by atoms with Crippen LogP contribution in [0.25, 0.3) is 0 Å². The lowest BCUT2D eigenvalue weighted by Gasteiger charge is -2.24. The third-order valence-electron chi connectivity index (χ3n) is 3.34. The number of hydrogen-bond acceptors (Lipinski definition) is 2. The molecular weight excluding hydrogens is 210 g/mol. The van der Waals surface area contributed by atoms with Crippen LogP contribution in [0.4, 0.5) is 0 Å². The van der Waals surface area contributed by atoms with Crippen molar-refractivity contribution < 1.29 is 4.74 Å². The molecule has 17 heavy (non-hydrogen) atoms. The van der Waals surface area contributed by atoms with Gasteiger partial charge in [0.1, 0.15) is 12.4 Å². The Bertz CT molecular complexity index is 358. The Labute approximate surface area is 105 Å². The zero-order valence-corrected chi connectivity index (χ0v) is 11.8.